The first-order chi connectivity index (χ1) is 15.6. The zero-order chi connectivity index (χ0) is 24.2. The van der Waals surface area contributed by atoms with Crippen molar-refractivity contribution in [2.45, 2.75) is 58.4 Å². The number of aliphatic carboxylic acids is 1. The van der Waals surface area contributed by atoms with Gasteiger partial charge in [0.05, 0.1) is 16.1 Å². The van der Waals surface area contributed by atoms with Crippen molar-refractivity contribution in [2.75, 3.05) is 5.32 Å². The van der Waals surface area contributed by atoms with Gasteiger partial charge in [0.25, 0.3) is 5.91 Å². The maximum atomic E-state index is 13.2. The van der Waals surface area contributed by atoms with E-state index in [1.807, 2.05) is 30.3 Å². The molecule has 0 saturated carbocycles. The van der Waals surface area contributed by atoms with Crippen LogP contribution < -0.4 is 5.32 Å². The highest BCUT2D eigenvalue weighted by Crippen LogP contribution is 2.31. The van der Waals surface area contributed by atoms with Crippen LogP contribution in [0.2, 0.25) is 5.02 Å². The Labute approximate surface area is 200 Å². The number of hydrogen-bond acceptors (Lipinski definition) is 2. The molecule has 33 heavy (non-hydrogen) atoms. The molecule has 0 atom stereocenters. The van der Waals surface area contributed by atoms with Gasteiger partial charge in [0, 0.05) is 11.7 Å². The third-order valence-corrected chi connectivity index (χ3v) is 6.29. The molecule has 5 nitrogen and oxygen atoms in total. The number of aromatic nitrogens is 1. The van der Waals surface area contributed by atoms with Crippen molar-refractivity contribution in [3.63, 3.8) is 0 Å². The molecule has 174 valence electrons. The van der Waals surface area contributed by atoms with E-state index >= 15 is 0 Å². The number of carboxylic acids is 1. The van der Waals surface area contributed by atoms with E-state index in [-0.39, 0.29) is 11.9 Å². The first kappa shape index (κ1) is 24.6. The Morgan fingerprint density at radius 3 is 2.36 bits per heavy atom. The second-order valence-electron chi connectivity index (χ2n) is 9.09. The molecule has 0 aliphatic rings. The molecule has 0 aliphatic heterocycles. The van der Waals surface area contributed by atoms with Gasteiger partial charge in [0.2, 0.25) is 0 Å². The Balaban J connectivity index is 1.79. The predicted octanol–water partition coefficient (Wildman–Crippen LogP) is 6.51. The SMILES string of the molecule is CC(C)n1c(CCCc2ccccc2)ccc1C(=O)Nc1cc(C(C)(C)C(=O)O)ccc1Cl. The quantitative estimate of drug-likeness (QED) is 0.377. The molecule has 0 radical (unpaired) electrons. The summed E-state index contributed by atoms with van der Waals surface area (Å²) >= 11 is 6.32. The number of hydrogen-bond donors (Lipinski definition) is 2. The number of halogens is 1. The molecule has 0 fully saturated rings. The third kappa shape index (κ3) is 5.66. The lowest BCUT2D eigenvalue weighted by Gasteiger charge is -2.21. The van der Waals surface area contributed by atoms with Gasteiger partial charge in [-0.2, -0.15) is 0 Å². The summed E-state index contributed by atoms with van der Waals surface area (Å²) in [5.41, 5.74) is 2.83. The number of nitrogens with zero attached hydrogens (tertiary/aromatic N) is 1. The minimum atomic E-state index is -1.10. The van der Waals surface area contributed by atoms with Crippen LogP contribution in [0.15, 0.2) is 60.7 Å². The van der Waals surface area contributed by atoms with Gasteiger partial charge in [0.15, 0.2) is 0 Å². The number of amides is 1. The van der Waals surface area contributed by atoms with Gasteiger partial charge in [-0.1, -0.05) is 48.0 Å². The van der Waals surface area contributed by atoms with Gasteiger partial charge in [-0.15, -0.1) is 0 Å². The zero-order valence-electron chi connectivity index (χ0n) is 19.6. The fourth-order valence-electron chi connectivity index (χ4n) is 3.93. The minimum Gasteiger partial charge on any atom is -0.481 e. The average Bonchev–Trinajstić information content (AvgIpc) is 3.20. The summed E-state index contributed by atoms with van der Waals surface area (Å²) in [6.07, 6.45) is 2.83. The highest BCUT2D eigenvalue weighted by Gasteiger charge is 2.30. The first-order valence-corrected chi connectivity index (χ1v) is 11.6. The summed E-state index contributed by atoms with van der Waals surface area (Å²) in [5, 5.41) is 12.8. The molecular weight excluding hydrogens is 436 g/mol. The summed E-state index contributed by atoms with van der Waals surface area (Å²) in [6, 6.07) is 19.3. The third-order valence-electron chi connectivity index (χ3n) is 5.96. The van der Waals surface area contributed by atoms with E-state index in [9.17, 15) is 14.7 Å². The van der Waals surface area contributed by atoms with E-state index in [1.165, 1.54) is 5.56 Å². The molecule has 2 N–H and O–H groups in total. The van der Waals surface area contributed by atoms with Crippen LogP contribution in [0.5, 0.6) is 0 Å². The monoisotopic (exact) mass is 466 g/mol. The van der Waals surface area contributed by atoms with E-state index in [1.54, 1.807) is 32.0 Å². The van der Waals surface area contributed by atoms with Crippen molar-refractivity contribution in [2.24, 2.45) is 0 Å². The summed E-state index contributed by atoms with van der Waals surface area (Å²) in [4.78, 5) is 24.8. The molecule has 6 heteroatoms. The first-order valence-electron chi connectivity index (χ1n) is 11.2. The fourth-order valence-corrected chi connectivity index (χ4v) is 4.09. The second kappa shape index (κ2) is 10.3. The number of anilines is 1. The second-order valence-corrected chi connectivity index (χ2v) is 9.50. The standard InChI is InChI=1S/C27H31ClN2O3/c1-18(2)30-21(12-8-11-19-9-6-5-7-10-19)14-16-24(30)25(31)29-23-17-20(13-15-22(23)28)27(3,4)26(32)33/h5-7,9-10,13-18H,8,11-12H2,1-4H3,(H,29,31)(H,32,33). The van der Waals surface area contributed by atoms with Crippen molar-refractivity contribution in [3.05, 3.63) is 88.2 Å². The smallest absolute Gasteiger partial charge is 0.313 e. The van der Waals surface area contributed by atoms with Gasteiger partial charge in [-0.25, -0.2) is 0 Å². The van der Waals surface area contributed by atoms with Gasteiger partial charge in [-0.05, 0) is 82.3 Å². The van der Waals surface area contributed by atoms with Gasteiger partial charge >= 0.3 is 5.97 Å². The normalized spacial score (nSPS) is 11.6. The van der Waals surface area contributed by atoms with Crippen molar-refractivity contribution in [1.82, 2.24) is 4.57 Å². The maximum absolute atomic E-state index is 13.2. The molecule has 3 aromatic rings. The number of rotatable bonds is 9. The number of aryl methyl sites for hydroxylation is 2. The predicted molar refractivity (Wildman–Crippen MR) is 133 cm³/mol. The largest absolute Gasteiger partial charge is 0.481 e. The summed E-state index contributed by atoms with van der Waals surface area (Å²) < 4.78 is 2.05. The Morgan fingerprint density at radius 2 is 1.73 bits per heavy atom. The lowest BCUT2D eigenvalue weighted by Crippen LogP contribution is -2.28. The van der Waals surface area contributed by atoms with Gasteiger partial charge < -0.3 is 15.0 Å². The van der Waals surface area contributed by atoms with Crippen molar-refractivity contribution in [3.8, 4) is 0 Å². The van der Waals surface area contributed by atoms with E-state index < -0.39 is 11.4 Å². The Kier molecular flexibility index (Phi) is 7.65. The summed E-state index contributed by atoms with van der Waals surface area (Å²) in [5.74, 6) is -1.22. The molecule has 0 aliphatic carbocycles. The topological polar surface area (TPSA) is 71.3 Å². The number of benzene rings is 2. The fraction of sp³-hybridized carbons (Fsp3) is 0.333. The summed E-state index contributed by atoms with van der Waals surface area (Å²) in [7, 11) is 0. The average molecular weight is 467 g/mol. The lowest BCUT2D eigenvalue weighted by atomic mass is 9.84. The molecule has 1 aromatic heterocycles. The van der Waals surface area contributed by atoms with E-state index in [0.29, 0.717) is 22.0 Å². The van der Waals surface area contributed by atoms with Crippen LogP contribution in [0.25, 0.3) is 0 Å². The van der Waals surface area contributed by atoms with E-state index in [2.05, 4.69) is 35.9 Å². The van der Waals surface area contributed by atoms with Crippen LogP contribution in [0.4, 0.5) is 5.69 Å². The van der Waals surface area contributed by atoms with Gasteiger partial charge in [-0.3, -0.25) is 9.59 Å². The summed E-state index contributed by atoms with van der Waals surface area (Å²) in [6.45, 7) is 7.35. The Hall–Kier alpha value is -3.05. The number of nitrogens with one attached hydrogen (secondary N) is 1. The van der Waals surface area contributed by atoms with Crippen molar-refractivity contribution < 1.29 is 14.7 Å². The van der Waals surface area contributed by atoms with Crippen LogP contribution in [0.1, 0.15) is 67.5 Å². The molecular formula is C27H31ClN2O3. The molecule has 3 rings (SSSR count). The Bertz CT molecular complexity index is 1130. The van der Waals surface area contributed by atoms with Crippen LogP contribution in [-0.4, -0.2) is 21.6 Å². The van der Waals surface area contributed by atoms with Crippen LogP contribution >= 0.6 is 11.6 Å². The minimum absolute atomic E-state index is 0.111. The molecule has 0 spiro atoms. The van der Waals surface area contributed by atoms with Crippen LogP contribution in [-0.2, 0) is 23.1 Å². The Morgan fingerprint density at radius 1 is 1.03 bits per heavy atom. The molecule has 0 saturated heterocycles. The zero-order valence-corrected chi connectivity index (χ0v) is 20.3. The highest BCUT2D eigenvalue weighted by atomic mass is 35.5. The van der Waals surface area contributed by atoms with Crippen LogP contribution in [0, 0.1) is 0 Å². The molecule has 0 bridgehead atoms. The maximum Gasteiger partial charge on any atom is 0.313 e. The molecule has 1 heterocycles. The van der Waals surface area contributed by atoms with Crippen LogP contribution in [0.3, 0.4) is 0 Å². The van der Waals surface area contributed by atoms with Crippen molar-refractivity contribution in [1.29, 1.82) is 0 Å². The molecule has 2 aromatic carbocycles. The number of carboxylic acid groups (broad SMARTS) is 1. The number of carbonyl (C=O) groups excluding carboxylic acids is 1. The molecule has 0 unspecified atom stereocenters. The highest BCUT2D eigenvalue weighted by molar-refractivity contribution is 6.34. The van der Waals surface area contributed by atoms with E-state index in [4.69, 9.17) is 11.6 Å². The lowest BCUT2D eigenvalue weighted by molar-refractivity contribution is -0.142. The molecule has 1 amide bonds. The van der Waals surface area contributed by atoms with Gasteiger partial charge in [0.1, 0.15) is 5.69 Å². The van der Waals surface area contributed by atoms with E-state index in [0.717, 1.165) is 25.0 Å². The van der Waals surface area contributed by atoms with Crippen molar-refractivity contribution >= 4 is 29.2 Å². The number of carbonyl (C=O) groups is 2.